The zero-order valence-corrected chi connectivity index (χ0v) is 26.6. The Morgan fingerprint density at radius 1 is 1.16 bits per heavy atom. The molecule has 230 valence electrons. The van der Waals surface area contributed by atoms with Crippen LogP contribution in [-0.4, -0.2) is 112 Å². The number of aryl methyl sites for hydroxylation is 2. The Morgan fingerprint density at radius 3 is 2.57 bits per heavy atom. The van der Waals surface area contributed by atoms with E-state index < -0.39 is 18.1 Å². The third-order valence-corrected chi connectivity index (χ3v) is 10.0. The lowest BCUT2D eigenvalue weighted by atomic mass is 10.1. The highest BCUT2D eigenvalue weighted by Gasteiger charge is 2.38. The summed E-state index contributed by atoms with van der Waals surface area (Å²) < 4.78 is 6.90. The fourth-order valence-corrected chi connectivity index (χ4v) is 7.27. The van der Waals surface area contributed by atoms with Crippen LogP contribution in [-0.2, 0) is 20.7 Å². The largest absolute Gasteiger partial charge is 0.468 e. The Morgan fingerprint density at radius 2 is 1.91 bits per heavy atom. The zero-order valence-electron chi connectivity index (χ0n) is 24.9. The molecule has 1 atom stereocenters. The van der Waals surface area contributed by atoms with E-state index in [4.69, 9.17) is 19.8 Å². The number of methoxy groups -OCH3 is 1. The topological polar surface area (TPSA) is 143 Å². The van der Waals surface area contributed by atoms with Gasteiger partial charge in [0.05, 0.1) is 25.5 Å². The van der Waals surface area contributed by atoms with Crippen molar-refractivity contribution in [1.82, 2.24) is 29.4 Å². The Hall–Kier alpha value is -4.10. The molecule has 2 saturated heterocycles. The molecule has 5 heterocycles. The van der Waals surface area contributed by atoms with Crippen molar-refractivity contribution in [3.63, 3.8) is 0 Å². The molecule has 0 unspecified atom stereocenters. The van der Waals surface area contributed by atoms with Gasteiger partial charge >= 0.3 is 5.97 Å². The van der Waals surface area contributed by atoms with Crippen molar-refractivity contribution in [2.75, 3.05) is 63.2 Å². The average Bonchev–Trinajstić information content (AvgIpc) is 3.72. The molecule has 0 saturated carbocycles. The van der Waals surface area contributed by atoms with Crippen molar-refractivity contribution < 1.29 is 19.4 Å². The molecule has 1 aromatic carbocycles. The van der Waals surface area contributed by atoms with Crippen molar-refractivity contribution in [3.05, 3.63) is 40.4 Å². The molecule has 0 radical (unpaired) electrons. The smallest absolute Gasteiger partial charge is 0.324 e. The second-order valence-electron chi connectivity index (χ2n) is 10.9. The number of aliphatic hydroxyl groups excluding tert-OH is 1. The first-order chi connectivity index (χ1) is 21.2. The van der Waals surface area contributed by atoms with E-state index in [0.29, 0.717) is 64.9 Å². The van der Waals surface area contributed by atoms with Gasteiger partial charge in [-0.15, -0.1) is 5.10 Å². The van der Waals surface area contributed by atoms with Gasteiger partial charge in [-0.25, -0.2) is 9.97 Å². The van der Waals surface area contributed by atoms with Gasteiger partial charge in [0, 0.05) is 45.3 Å². The van der Waals surface area contributed by atoms with E-state index in [-0.39, 0.29) is 12.5 Å². The number of hydrogen-bond donors (Lipinski definition) is 1. The minimum Gasteiger partial charge on any atom is -0.468 e. The lowest BCUT2D eigenvalue weighted by molar-refractivity contribution is -0.150. The van der Waals surface area contributed by atoms with Gasteiger partial charge < -0.3 is 24.5 Å². The van der Waals surface area contributed by atoms with Crippen molar-refractivity contribution >= 4 is 55.6 Å². The summed E-state index contributed by atoms with van der Waals surface area (Å²) in [4.78, 5) is 43.8. The van der Waals surface area contributed by atoms with Crippen LogP contribution in [0, 0.1) is 18.3 Å². The maximum absolute atomic E-state index is 12.8. The maximum atomic E-state index is 12.8. The molecule has 1 N–H and O–H groups in total. The van der Waals surface area contributed by atoms with Crippen LogP contribution >= 0.6 is 22.7 Å². The number of nitrogens with zero attached hydrogens (tertiary/aromatic N) is 9. The van der Waals surface area contributed by atoms with Crippen molar-refractivity contribution in [1.29, 1.82) is 5.26 Å². The first kappa shape index (κ1) is 29.9. The number of likely N-dealkylation sites (tertiary alicyclic amines) is 1. The van der Waals surface area contributed by atoms with Crippen LogP contribution in [0.3, 0.4) is 0 Å². The number of amides is 1. The second kappa shape index (κ2) is 12.1. The number of esters is 1. The van der Waals surface area contributed by atoms with Gasteiger partial charge in [-0.3, -0.25) is 14.5 Å². The molecule has 0 bridgehead atoms. The number of thiazole rings is 1. The van der Waals surface area contributed by atoms with Crippen LogP contribution in [0.1, 0.15) is 23.1 Å². The monoisotopic (exact) mass is 635 g/mol. The van der Waals surface area contributed by atoms with E-state index >= 15 is 0 Å². The number of anilines is 3. The normalized spacial score (nSPS) is 17.5. The number of piperazine rings is 1. The number of nitriles is 1. The zero-order chi connectivity index (χ0) is 31.1. The third-order valence-electron chi connectivity index (χ3n) is 8.01. The molecule has 44 heavy (non-hydrogen) atoms. The number of benzene rings is 1. The summed E-state index contributed by atoms with van der Waals surface area (Å²) in [5.74, 6) is 0.240. The molecule has 4 aromatic rings. The summed E-state index contributed by atoms with van der Waals surface area (Å²) in [6, 6.07) is 9.62. The van der Waals surface area contributed by atoms with Gasteiger partial charge in [0.25, 0.3) is 0 Å². The highest BCUT2D eigenvalue weighted by Crippen LogP contribution is 2.38. The van der Waals surface area contributed by atoms with Gasteiger partial charge in [-0.05, 0) is 13.3 Å². The Labute approximate surface area is 262 Å². The molecular weight excluding hydrogens is 603 g/mol. The summed E-state index contributed by atoms with van der Waals surface area (Å²) >= 11 is 2.75. The summed E-state index contributed by atoms with van der Waals surface area (Å²) in [5, 5.41) is 25.7. The van der Waals surface area contributed by atoms with Crippen LogP contribution in [0.25, 0.3) is 16.2 Å². The van der Waals surface area contributed by atoms with Crippen molar-refractivity contribution in [3.8, 4) is 17.3 Å². The van der Waals surface area contributed by atoms with Crippen LogP contribution < -0.4 is 9.80 Å². The fraction of sp³-hybridized carbons (Fsp3) is 0.448. The first-order valence-electron chi connectivity index (χ1n) is 14.3. The highest BCUT2D eigenvalue weighted by atomic mass is 32.1. The van der Waals surface area contributed by atoms with Crippen LogP contribution in [0.2, 0.25) is 0 Å². The van der Waals surface area contributed by atoms with E-state index in [9.17, 15) is 20.0 Å². The molecule has 13 nitrogen and oxygen atoms in total. The molecule has 2 aliphatic rings. The number of ether oxygens (including phenoxy) is 1. The number of aromatic nitrogens is 4. The quantitative estimate of drug-likeness (QED) is 0.285. The minimum atomic E-state index is -0.645. The molecule has 15 heteroatoms. The fourth-order valence-electron chi connectivity index (χ4n) is 5.47. The van der Waals surface area contributed by atoms with Gasteiger partial charge in [0.1, 0.15) is 22.7 Å². The number of rotatable bonds is 8. The van der Waals surface area contributed by atoms with Gasteiger partial charge in [0.15, 0.2) is 10.9 Å². The summed E-state index contributed by atoms with van der Waals surface area (Å²) in [6.45, 7) is 6.12. The summed E-state index contributed by atoms with van der Waals surface area (Å²) in [5.41, 5.74) is 3.52. The number of aliphatic hydroxyl groups is 1. The van der Waals surface area contributed by atoms with Crippen molar-refractivity contribution in [2.24, 2.45) is 0 Å². The summed E-state index contributed by atoms with van der Waals surface area (Å²) in [7, 11) is 3.25. The van der Waals surface area contributed by atoms with Crippen LogP contribution in [0.15, 0.2) is 24.3 Å². The minimum absolute atomic E-state index is 0.0827. The average molecular weight is 636 g/mol. The predicted molar refractivity (Wildman–Crippen MR) is 167 cm³/mol. The molecule has 0 spiro atoms. The molecule has 0 aliphatic carbocycles. The lowest BCUT2D eigenvalue weighted by Crippen LogP contribution is -2.61. The molecule has 6 rings (SSSR count). The third kappa shape index (κ3) is 5.50. The molecule has 3 aromatic heterocycles. The standard InChI is InChI=1S/C29H33N9O4S2/c1-5-20-25(34(3)27-32-24(22(12-30)43-27)18-8-6-17(2)7-9-18)38-28(31-20)44-29(33-38)36-11-10-35(21(15-36)26(41)42-4)16-23(40)37-13-19(39)14-37/h6-9,19,21,39H,5,10-11,13-16H2,1-4H3/t21-/m1/s1. The molecule has 2 fully saturated rings. The summed E-state index contributed by atoms with van der Waals surface area (Å²) in [6.07, 6.45) is 0.199. The maximum Gasteiger partial charge on any atom is 0.324 e. The number of carbonyl (C=O) groups is 2. The molecule has 2 aliphatic heterocycles. The number of fused-ring (bicyclic) bond motifs is 1. The predicted octanol–water partition coefficient (Wildman–Crippen LogP) is 2.29. The van der Waals surface area contributed by atoms with E-state index in [2.05, 4.69) is 6.07 Å². The number of β-amino-alcohol motifs (C(OH)–C–C–N with tert-alkyl or cyclic N) is 1. The van der Waals surface area contributed by atoms with Crippen LogP contribution in [0.4, 0.5) is 16.1 Å². The van der Waals surface area contributed by atoms with Crippen LogP contribution in [0.5, 0.6) is 0 Å². The molecular formula is C29H33N9O4S2. The molecule has 1 amide bonds. The SMILES string of the molecule is CCc1nc2sc(N3CCN(CC(=O)N4CC(O)C4)[C@@H](C(=O)OC)C3)nn2c1N(C)c1nc(-c2ccc(C)cc2)c(C#N)s1. The Kier molecular flexibility index (Phi) is 8.25. The van der Waals surface area contributed by atoms with E-state index in [1.54, 1.807) is 9.42 Å². The Balaban J connectivity index is 1.26. The second-order valence-corrected chi connectivity index (χ2v) is 12.8. The van der Waals surface area contributed by atoms with E-state index in [1.807, 2.05) is 59.9 Å². The van der Waals surface area contributed by atoms with E-state index in [0.717, 1.165) is 22.6 Å². The van der Waals surface area contributed by atoms with Gasteiger partial charge in [-0.2, -0.15) is 9.78 Å². The number of carbonyl (C=O) groups excluding carboxylic acids is 2. The van der Waals surface area contributed by atoms with E-state index in [1.165, 1.54) is 29.8 Å². The first-order valence-corrected chi connectivity index (χ1v) is 16.0. The number of imidazole rings is 1. The lowest BCUT2D eigenvalue weighted by Gasteiger charge is -2.42. The number of hydrogen-bond acceptors (Lipinski definition) is 13. The van der Waals surface area contributed by atoms with Gasteiger partial charge in [-0.1, -0.05) is 59.4 Å². The highest BCUT2D eigenvalue weighted by molar-refractivity contribution is 7.20. The van der Waals surface area contributed by atoms with Crippen molar-refractivity contribution in [2.45, 2.75) is 32.4 Å². The Bertz CT molecular complexity index is 1740. The van der Waals surface area contributed by atoms with Gasteiger partial charge in [0.2, 0.25) is 16.0 Å².